The van der Waals surface area contributed by atoms with Crippen LogP contribution in [0, 0.1) is 0 Å². The number of carbonyl (C=O) groups excluding carboxylic acids is 1. The molecule has 0 saturated carbocycles. The van der Waals surface area contributed by atoms with E-state index in [0.29, 0.717) is 45.4 Å². The molecule has 0 bridgehead atoms. The number of aryl methyl sites for hydroxylation is 1. The summed E-state index contributed by atoms with van der Waals surface area (Å²) in [6, 6.07) is -0.217. The van der Waals surface area contributed by atoms with E-state index in [-0.39, 0.29) is 11.6 Å². The molecular formula is C17H26F2N4O4S. The molecule has 1 aromatic rings. The van der Waals surface area contributed by atoms with E-state index < -0.39 is 33.6 Å². The third kappa shape index (κ3) is 3.79. The van der Waals surface area contributed by atoms with Crippen LogP contribution in [-0.4, -0.2) is 78.0 Å². The molecule has 3 rings (SSSR count). The summed E-state index contributed by atoms with van der Waals surface area (Å²) < 4.78 is 59.2. The van der Waals surface area contributed by atoms with E-state index in [9.17, 15) is 22.0 Å². The molecule has 0 N–H and O–H groups in total. The molecule has 2 aliphatic rings. The Kier molecular flexibility index (Phi) is 5.79. The first kappa shape index (κ1) is 21.1. The maximum atomic E-state index is 13.2. The second-order valence-corrected chi connectivity index (χ2v) is 9.49. The van der Waals surface area contributed by atoms with E-state index >= 15 is 0 Å². The van der Waals surface area contributed by atoms with Crippen molar-refractivity contribution in [3.05, 3.63) is 17.5 Å². The lowest BCUT2D eigenvalue weighted by Gasteiger charge is -2.45. The summed E-state index contributed by atoms with van der Waals surface area (Å²) in [5.41, 5.74) is -1.17. The van der Waals surface area contributed by atoms with Crippen LogP contribution in [0.3, 0.4) is 0 Å². The normalized spacial score (nSPS) is 23.1. The largest absolute Gasteiger partial charge is 0.383 e. The van der Waals surface area contributed by atoms with E-state index in [2.05, 4.69) is 5.10 Å². The van der Waals surface area contributed by atoms with Gasteiger partial charge in [-0.3, -0.25) is 9.48 Å². The predicted molar refractivity (Wildman–Crippen MR) is 97.6 cm³/mol. The molecule has 11 heteroatoms. The van der Waals surface area contributed by atoms with Crippen molar-refractivity contribution < 1.29 is 26.7 Å². The molecule has 1 amide bonds. The summed E-state index contributed by atoms with van der Waals surface area (Å²) in [6.07, 6.45) is 2.01. The highest BCUT2D eigenvalue weighted by molar-refractivity contribution is 7.88. The summed E-state index contributed by atoms with van der Waals surface area (Å²) in [4.78, 5) is 14.3. The average molecular weight is 420 g/mol. The number of hydrogen-bond acceptors (Lipinski definition) is 5. The van der Waals surface area contributed by atoms with Crippen molar-refractivity contribution >= 4 is 15.9 Å². The molecule has 2 saturated heterocycles. The topological polar surface area (TPSA) is 84.7 Å². The first-order valence-electron chi connectivity index (χ1n) is 9.18. The third-order valence-electron chi connectivity index (χ3n) is 5.73. The number of alkyl halides is 2. The van der Waals surface area contributed by atoms with E-state index in [4.69, 9.17) is 4.74 Å². The zero-order chi connectivity index (χ0) is 20.7. The van der Waals surface area contributed by atoms with Crippen molar-refractivity contribution in [2.24, 2.45) is 7.05 Å². The summed E-state index contributed by atoms with van der Waals surface area (Å²) in [7, 11) is -0.414. The van der Waals surface area contributed by atoms with Gasteiger partial charge in [-0.05, 0) is 25.7 Å². The number of sulfonamides is 1. The highest BCUT2D eigenvalue weighted by atomic mass is 32.2. The minimum Gasteiger partial charge on any atom is -0.383 e. The molecule has 0 aliphatic carbocycles. The highest BCUT2D eigenvalue weighted by Crippen LogP contribution is 2.43. The van der Waals surface area contributed by atoms with Gasteiger partial charge in [-0.1, -0.05) is 0 Å². The lowest BCUT2D eigenvalue weighted by Crippen LogP contribution is -2.57. The first-order valence-corrected chi connectivity index (χ1v) is 11.0. The molecular weight excluding hydrogens is 394 g/mol. The number of nitrogens with zero attached hydrogens (tertiary/aromatic N) is 4. The fraction of sp³-hybridized carbons (Fsp3) is 0.765. The SMILES string of the molecule is COCC1CCC2(CCN(C(=O)c3cn(C)nc3C(F)F)CC2)N1S(C)(=O)=O. The maximum Gasteiger partial charge on any atom is 0.282 e. The maximum absolute atomic E-state index is 13.2. The van der Waals surface area contributed by atoms with Gasteiger partial charge in [0.1, 0.15) is 5.69 Å². The molecule has 1 atom stereocenters. The van der Waals surface area contributed by atoms with Gasteiger partial charge in [0.25, 0.3) is 12.3 Å². The van der Waals surface area contributed by atoms with Crippen molar-refractivity contribution in [2.75, 3.05) is 33.1 Å². The van der Waals surface area contributed by atoms with Crippen LogP contribution in [0.25, 0.3) is 0 Å². The lowest BCUT2D eigenvalue weighted by atomic mass is 9.86. The zero-order valence-corrected chi connectivity index (χ0v) is 17.1. The molecule has 28 heavy (non-hydrogen) atoms. The number of likely N-dealkylation sites (tertiary alicyclic amines) is 1. The number of amides is 1. The predicted octanol–water partition coefficient (Wildman–Crippen LogP) is 1.40. The van der Waals surface area contributed by atoms with Crippen LogP contribution in [0.5, 0.6) is 0 Å². The summed E-state index contributed by atoms with van der Waals surface area (Å²) >= 11 is 0. The number of hydrogen-bond donors (Lipinski definition) is 0. The monoisotopic (exact) mass is 420 g/mol. The molecule has 1 aromatic heterocycles. The number of methoxy groups -OCH3 is 1. The second-order valence-electron chi connectivity index (χ2n) is 7.63. The lowest BCUT2D eigenvalue weighted by molar-refractivity contribution is 0.0497. The molecule has 2 aliphatic heterocycles. The molecule has 0 aromatic carbocycles. The Hall–Kier alpha value is -1.59. The quantitative estimate of drug-likeness (QED) is 0.719. The van der Waals surface area contributed by atoms with Gasteiger partial charge in [0.05, 0.1) is 18.4 Å². The molecule has 0 radical (unpaired) electrons. The van der Waals surface area contributed by atoms with Gasteiger partial charge in [0.2, 0.25) is 10.0 Å². The van der Waals surface area contributed by atoms with Crippen LogP contribution in [0.1, 0.15) is 48.2 Å². The van der Waals surface area contributed by atoms with Crippen molar-refractivity contribution in [1.29, 1.82) is 0 Å². The Bertz CT molecular complexity index is 834. The number of halogens is 2. The Morgan fingerprint density at radius 1 is 1.36 bits per heavy atom. The number of aromatic nitrogens is 2. The average Bonchev–Trinajstić information content (AvgIpc) is 3.16. The van der Waals surface area contributed by atoms with Crippen molar-refractivity contribution in [3.8, 4) is 0 Å². The van der Waals surface area contributed by atoms with E-state index in [1.54, 1.807) is 11.4 Å². The van der Waals surface area contributed by atoms with Gasteiger partial charge in [-0.2, -0.15) is 9.40 Å². The third-order valence-corrected chi connectivity index (χ3v) is 7.13. The molecule has 3 heterocycles. The van der Waals surface area contributed by atoms with Gasteiger partial charge in [0.15, 0.2) is 0 Å². The van der Waals surface area contributed by atoms with E-state index in [1.807, 2.05) is 0 Å². The van der Waals surface area contributed by atoms with Crippen LogP contribution >= 0.6 is 0 Å². The fourth-order valence-electron chi connectivity index (χ4n) is 4.61. The molecule has 1 unspecified atom stereocenters. The van der Waals surface area contributed by atoms with Crippen molar-refractivity contribution in [2.45, 2.75) is 43.7 Å². The zero-order valence-electron chi connectivity index (χ0n) is 16.3. The Balaban J connectivity index is 1.78. The van der Waals surface area contributed by atoms with E-state index in [0.717, 1.165) is 0 Å². The Morgan fingerprint density at radius 2 is 2.00 bits per heavy atom. The Labute approximate surface area is 163 Å². The smallest absolute Gasteiger partial charge is 0.282 e. The van der Waals surface area contributed by atoms with Crippen LogP contribution in [0.15, 0.2) is 6.20 Å². The number of piperidine rings is 1. The Morgan fingerprint density at radius 3 is 2.54 bits per heavy atom. The summed E-state index contributed by atoms with van der Waals surface area (Å²) in [6.45, 7) is 0.940. The van der Waals surface area contributed by atoms with Crippen LogP contribution in [-0.2, 0) is 21.8 Å². The van der Waals surface area contributed by atoms with Gasteiger partial charge >= 0.3 is 0 Å². The first-order chi connectivity index (χ1) is 13.1. The number of ether oxygens (including phenoxy) is 1. The summed E-state index contributed by atoms with van der Waals surface area (Å²) in [5.74, 6) is -0.490. The highest BCUT2D eigenvalue weighted by Gasteiger charge is 2.52. The number of carbonyl (C=O) groups is 1. The number of rotatable bonds is 5. The fourth-order valence-corrected chi connectivity index (χ4v) is 6.30. The van der Waals surface area contributed by atoms with Gasteiger partial charge < -0.3 is 9.64 Å². The molecule has 8 nitrogen and oxygen atoms in total. The van der Waals surface area contributed by atoms with E-state index in [1.165, 1.54) is 29.1 Å². The van der Waals surface area contributed by atoms with Crippen molar-refractivity contribution in [3.63, 3.8) is 0 Å². The standard InChI is InChI=1S/C17H26F2N4O4S/c1-21-10-13(14(20-21)15(18)19)16(24)22-8-6-17(7-9-22)5-4-12(11-27-2)23(17)28(3,25)26/h10,12,15H,4-9,11H2,1-3H3. The summed E-state index contributed by atoms with van der Waals surface area (Å²) in [5, 5.41) is 3.69. The minimum atomic E-state index is -3.45. The van der Waals surface area contributed by atoms with Gasteiger partial charge in [0, 0.05) is 45.0 Å². The molecule has 1 spiro atoms. The molecule has 2 fully saturated rings. The van der Waals surface area contributed by atoms with Gasteiger partial charge in [-0.25, -0.2) is 17.2 Å². The van der Waals surface area contributed by atoms with Crippen LogP contribution in [0.2, 0.25) is 0 Å². The van der Waals surface area contributed by atoms with Gasteiger partial charge in [-0.15, -0.1) is 0 Å². The second kappa shape index (κ2) is 7.68. The molecule has 158 valence electrons. The van der Waals surface area contributed by atoms with Crippen molar-refractivity contribution in [1.82, 2.24) is 19.0 Å². The van der Waals surface area contributed by atoms with Crippen LogP contribution in [0.4, 0.5) is 8.78 Å². The minimum absolute atomic E-state index is 0.0999. The van der Waals surface area contributed by atoms with Crippen LogP contribution < -0.4 is 0 Å².